The van der Waals surface area contributed by atoms with Crippen LogP contribution in [0.4, 0.5) is 23.1 Å². The third kappa shape index (κ3) is 4.33. The van der Waals surface area contributed by atoms with E-state index in [1.54, 1.807) is 14.1 Å². The van der Waals surface area contributed by atoms with E-state index in [1.807, 2.05) is 18.2 Å². The van der Waals surface area contributed by atoms with Crippen molar-refractivity contribution in [2.24, 2.45) is 5.73 Å². The van der Waals surface area contributed by atoms with Crippen LogP contribution >= 0.6 is 0 Å². The molecule has 1 atom stereocenters. The Morgan fingerprint density at radius 3 is 2.76 bits per heavy atom. The van der Waals surface area contributed by atoms with E-state index in [1.165, 1.54) is 14.8 Å². The molecule has 0 spiro atoms. The van der Waals surface area contributed by atoms with Gasteiger partial charge in [-0.25, -0.2) is 4.98 Å². The summed E-state index contributed by atoms with van der Waals surface area (Å²) in [6.07, 6.45) is 3.48. The summed E-state index contributed by atoms with van der Waals surface area (Å²) < 4.78 is 33.8. The molecule has 5 rings (SSSR count). The summed E-state index contributed by atoms with van der Waals surface area (Å²) >= 11 is 0. The Labute approximate surface area is 198 Å². The fourth-order valence-corrected chi connectivity index (χ4v) is 5.28. The minimum atomic E-state index is -3.46. The lowest BCUT2D eigenvalue weighted by Gasteiger charge is -2.45. The maximum atomic E-state index is 12.5. The van der Waals surface area contributed by atoms with Crippen molar-refractivity contribution >= 4 is 39.3 Å². The number of fused-ring (bicyclic) bond motifs is 3. The van der Waals surface area contributed by atoms with Gasteiger partial charge in [0.2, 0.25) is 5.95 Å². The molecule has 182 valence electrons. The first-order chi connectivity index (χ1) is 16.2. The van der Waals surface area contributed by atoms with Gasteiger partial charge in [0.1, 0.15) is 18.2 Å². The number of nitrogens with zero attached hydrogens (tertiary/aromatic N) is 5. The highest BCUT2D eigenvalue weighted by Crippen LogP contribution is 2.38. The number of hydrogen-bond acceptors (Lipinski definition) is 9. The molecule has 0 bridgehead atoms. The van der Waals surface area contributed by atoms with Gasteiger partial charge in [0.25, 0.3) is 16.1 Å². The zero-order chi connectivity index (χ0) is 24.0. The van der Waals surface area contributed by atoms with Gasteiger partial charge in [-0.3, -0.25) is 4.79 Å². The number of rotatable bonds is 7. The summed E-state index contributed by atoms with van der Waals surface area (Å²) in [5.41, 5.74) is 7.36. The first kappa shape index (κ1) is 22.6. The lowest BCUT2D eigenvalue weighted by Crippen LogP contribution is -2.59. The van der Waals surface area contributed by atoms with Crippen molar-refractivity contribution in [3.63, 3.8) is 0 Å². The maximum Gasteiger partial charge on any atom is 0.281 e. The van der Waals surface area contributed by atoms with E-state index in [0.717, 1.165) is 24.2 Å². The van der Waals surface area contributed by atoms with Crippen molar-refractivity contribution in [1.82, 2.24) is 18.6 Å². The molecule has 1 amide bonds. The van der Waals surface area contributed by atoms with E-state index in [9.17, 15) is 13.2 Å². The Morgan fingerprint density at radius 1 is 1.26 bits per heavy atom. The van der Waals surface area contributed by atoms with Gasteiger partial charge in [0, 0.05) is 57.7 Å². The summed E-state index contributed by atoms with van der Waals surface area (Å²) in [4.78, 5) is 22.6. The summed E-state index contributed by atoms with van der Waals surface area (Å²) in [6.45, 7) is 1.74. The molecule has 1 aliphatic carbocycles. The topological polar surface area (TPSA) is 146 Å². The number of nitrogens with one attached hydrogen (secondary N) is 2. The van der Waals surface area contributed by atoms with Crippen molar-refractivity contribution in [3.8, 4) is 5.75 Å². The summed E-state index contributed by atoms with van der Waals surface area (Å²) in [6, 6.07) is 5.96. The van der Waals surface area contributed by atoms with Crippen LogP contribution in [0.2, 0.25) is 0 Å². The molecule has 3 aliphatic rings. The van der Waals surface area contributed by atoms with Crippen LogP contribution in [0.25, 0.3) is 0 Å². The molecule has 2 fully saturated rings. The quantitative estimate of drug-likeness (QED) is 0.509. The second-order valence-corrected chi connectivity index (χ2v) is 11.0. The van der Waals surface area contributed by atoms with Crippen molar-refractivity contribution in [1.29, 1.82) is 0 Å². The molecule has 0 unspecified atom stereocenters. The van der Waals surface area contributed by atoms with Gasteiger partial charge in [-0.05, 0) is 25.0 Å². The van der Waals surface area contributed by atoms with Crippen LogP contribution in [-0.4, -0.2) is 85.3 Å². The van der Waals surface area contributed by atoms with Gasteiger partial charge >= 0.3 is 0 Å². The molecule has 1 aromatic heterocycles. The summed E-state index contributed by atoms with van der Waals surface area (Å²) in [7, 11) is -0.377. The van der Waals surface area contributed by atoms with Crippen molar-refractivity contribution in [2.45, 2.75) is 24.9 Å². The smallest absolute Gasteiger partial charge is 0.281 e. The average molecular weight is 489 g/mol. The molecule has 2 aliphatic heterocycles. The van der Waals surface area contributed by atoms with Gasteiger partial charge < -0.3 is 26.0 Å². The van der Waals surface area contributed by atoms with Gasteiger partial charge in [-0.15, -0.1) is 0 Å². The standard InChI is InChI=1S/C21H28N8O4S/c1-27(2)34(31,32)28-7-8-29-15(11-28)12-33-18-9-14(5-6-17(18)29)25-21-23-10-16(19(22)30)20(26-21)24-13-3-4-13/h5-6,9-10,13,15H,3-4,7-8,11-12H2,1-2H3,(H2,22,30)(H2,23,24,25,26)/t15-/m1/s1. The van der Waals surface area contributed by atoms with Gasteiger partial charge in [0.15, 0.2) is 0 Å². The zero-order valence-electron chi connectivity index (χ0n) is 19.1. The van der Waals surface area contributed by atoms with E-state index in [-0.39, 0.29) is 11.6 Å². The Morgan fingerprint density at radius 2 is 2.06 bits per heavy atom. The highest BCUT2D eigenvalue weighted by atomic mass is 32.2. The van der Waals surface area contributed by atoms with E-state index in [4.69, 9.17) is 10.5 Å². The Bertz CT molecular complexity index is 1220. The van der Waals surface area contributed by atoms with Crippen molar-refractivity contribution in [3.05, 3.63) is 30.0 Å². The van der Waals surface area contributed by atoms with Gasteiger partial charge in [-0.2, -0.15) is 22.0 Å². The van der Waals surface area contributed by atoms with Gasteiger partial charge in [0.05, 0.1) is 17.3 Å². The number of ether oxygens (including phenoxy) is 1. The van der Waals surface area contributed by atoms with E-state index in [0.29, 0.717) is 49.8 Å². The lowest BCUT2D eigenvalue weighted by atomic mass is 10.1. The average Bonchev–Trinajstić information content (AvgIpc) is 3.62. The van der Waals surface area contributed by atoms with Crippen LogP contribution in [0.3, 0.4) is 0 Å². The fourth-order valence-electron chi connectivity index (χ4n) is 4.14. The molecule has 1 saturated carbocycles. The van der Waals surface area contributed by atoms with Crippen LogP contribution < -0.4 is 26.0 Å². The Balaban J connectivity index is 1.32. The third-order valence-corrected chi connectivity index (χ3v) is 8.07. The molecule has 1 saturated heterocycles. The second-order valence-electron chi connectivity index (χ2n) is 8.85. The van der Waals surface area contributed by atoms with E-state index < -0.39 is 16.1 Å². The predicted molar refractivity (Wildman–Crippen MR) is 128 cm³/mol. The molecule has 3 heterocycles. The van der Waals surface area contributed by atoms with Gasteiger partial charge in [-0.1, -0.05) is 0 Å². The van der Waals surface area contributed by atoms with E-state index in [2.05, 4.69) is 25.5 Å². The number of amides is 1. The number of carbonyl (C=O) groups excluding carboxylic acids is 1. The SMILES string of the molecule is CN(C)S(=O)(=O)N1CCN2c3ccc(Nc4ncc(C(N)=O)c(NC5CC5)n4)cc3OC[C@H]2C1. The Kier molecular flexibility index (Phi) is 5.70. The van der Waals surface area contributed by atoms with Crippen LogP contribution in [0, 0.1) is 0 Å². The number of nitrogens with two attached hydrogens (primary N) is 1. The number of aromatic nitrogens is 2. The largest absolute Gasteiger partial charge is 0.489 e. The van der Waals surface area contributed by atoms with Crippen LogP contribution in [0.1, 0.15) is 23.2 Å². The number of piperazine rings is 1. The van der Waals surface area contributed by atoms with Crippen LogP contribution in [0.5, 0.6) is 5.75 Å². The summed E-state index contributed by atoms with van der Waals surface area (Å²) in [5, 5.41) is 6.38. The normalized spacial score (nSPS) is 20.3. The van der Waals surface area contributed by atoms with E-state index >= 15 is 0 Å². The highest BCUT2D eigenvalue weighted by Gasteiger charge is 2.38. The number of hydrogen-bond donors (Lipinski definition) is 3. The number of anilines is 4. The molecule has 4 N–H and O–H groups in total. The molecule has 0 radical (unpaired) electrons. The molecule has 2 aromatic rings. The van der Waals surface area contributed by atoms with Crippen LogP contribution in [0.15, 0.2) is 24.4 Å². The lowest BCUT2D eigenvalue weighted by molar-refractivity contribution is 0.100. The molecule has 34 heavy (non-hydrogen) atoms. The monoisotopic (exact) mass is 488 g/mol. The maximum absolute atomic E-state index is 12.5. The molecule has 1 aromatic carbocycles. The molecule has 13 heteroatoms. The third-order valence-electron chi connectivity index (χ3n) is 6.16. The molecular formula is C21H28N8O4S. The summed E-state index contributed by atoms with van der Waals surface area (Å²) in [5.74, 6) is 0.888. The zero-order valence-corrected chi connectivity index (χ0v) is 19.9. The Hall–Kier alpha value is -3.16. The van der Waals surface area contributed by atoms with Crippen molar-refractivity contribution in [2.75, 3.05) is 55.9 Å². The minimum absolute atomic E-state index is 0.0597. The number of benzene rings is 1. The first-order valence-electron chi connectivity index (χ1n) is 11.1. The minimum Gasteiger partial charge on any atom is -0.489 e. The number of carbonyl (C=O) groups is 1. The second kappa shape index (κ2) is 8.56. The van der Waals surface area contributed by atoms with Crippen LogP contribution in [-0.2, 0) is 10.2 Å². The van der Waals surface area contributed by atoms with Crippen molar-refractivity contribution < 1.29 is 17.9 Å². The molecule has 12 nitrogen and oxygen atoms in total. The predicted octanol–water partition coefficient (Wildman–Crippen LogP) is 0.583. The first-order valence-corrected chi connectivity index (χ1v) is 12.5. The molecular weight excluding hydrogens is 460 g/mol. The fraction of sp³-hybridized carbons (Fsp3) is 0.476. The number of primary amides is 1. The highest BCUT2D eigenvalue weighted by molar-refractivity contribution is 7.86.